The molecule has 7 rings (SSSR count). The van der Waals surface area contributed by atoms with Crippen molar-refractivity contribution in [1.29, 1.82) is 0 Å². The quantitative estimate of drug-likeness (QED) is 0.364. The van der Waals surface area contributed by atoms with Gasteiger partial charge in [0, 0.05) is 66.4 Å². The first-order chi connectivity index (χ1) is 18.1. The van der Waals surface area contributed by atoms with E-state index in [-0.39, 0.29) is 5.97 Å². The van der Waals surface area contributed by atoms with Gasteiger partial charge >= 0.3 is 5.97 Å². The van der Waals surface area contributed by atoms with Crippen molar-refractivity contribution in [3.05, 3.63) is 81.9 Å². The van der Waals surface area contributed by atoms with Crippen LogP contribution in [-0.2, 0) is 10.3 Å². The van der Waals surface area contributed by atoms with E-state index in [0.29, 0.717) is 5.56 Å². The number of hydrogen-bond donors (Lipinski definition) is 0. The van der Waals surface area contributed by atoms with Crippen LogP contribution in [0.1, 0.15) is 76.7 Å². The molecule has 0 unspecified atom stereocenters. The van der Waals surface area contributed by atoms with E-state index in [1.807, 2.05) is 24.3 Å². The maximum absolute atomic E-state index is 13.3. The molecule has 0 N–H and O–H groups in total. The SMILES string of the molecule is Cc1cc2c(cc1N1CCCCC1)Oc1cc(N3CCCCC3)c(C)cc1C21OC(=O)c2ccccc21. The van der Waals surface area contributed by atoms with Gasteiger partial charge in [-0.1, -0.05) is 18.2 Å². The first kappa shape index (κ1) is 22.7. The molecule has 1 spiro atoms. The lowest BCUT2D eigenvalue weighted by atomic mass is 9.76. The fourth-order valence-electron chi connectivity index (χ4n) is 6.91. The van der Waals surface area contributed by atoms with Crippen molar-refractivity contribution >= 4 is 17.3 Å². The van der Waals surface area contributed by atoms with Crippen LogP contribution in [0.15, 0.2) is 48.5 Å². The van der Waals surface area contributed by atoms with Gasteiger partial charge in [0.2, 0.25) is 0 Å². The number of esters is 1. The van der Waals surface area contributed by atoms with Crippen molar-refractivity contribution in [2.75, 3.05) is 36.0 Å². The summed E-state index contributed by atoms with van der Waals surface area (Å²) in [6.45, 7) is 8.60. The summed E-state index contributed by atoms with van der Waals surface area (Å²) >= 11 is 0. The van der Waals surface area contributed by atoms with E-state index < -0.39 is 5.60 Å². The molecule has 0 atom stereocenters. The summed E-state index contributed by atoms with van der Waals surface area (Å²) in [5.41, 5.74) is 7.19. The second-order valence-corrected chi connectivity index (χ2v) is 11.1. The Balaban J connectivity index is 1.45. The Morgan fingerprint density at radius 2 is 1.19 bits per heavy atom. The molecule has 5 nitrogen and oxygen atoms in total. The van der Waals surface area contributed by atoms with E-state index in [1.54, 1.807) is 0 Å². The minimum Gasteiger partial charge on any atom is -0.456 e. The molecule has 2 fully saturated rings. The van der Waals surface area contributed by atoms with Crippen LogP contribution >= 0.6 is 0 Å². The lowest BCUT2D eigenvalue weighted by Gasteiger charge is -2.39. The molecule has 4 aliphatic heterocycles. The van der Waals surface area contributed by atoms with E-state index >= 15 is 0 Å². The van der Waals surface area contributed by atoms with Crippen LogP contribution in [0.3, 0.4) is 0 Å². The van der Waals surface area contributed by atoms with Gasteiger partial charge in [0.05, 0.1) is 5.56 Å². The number of benzene rings is 3. The van der Waals surface area contributed by atoms with Gasteiger partial charge < -0.3 is 19.3 Å². The fourth-order valence-corrected chi connectivity index (χ4v) is 6.91. The highest BCUT2D eigenvalue weighted by Gasteiger charge is 2.54. The van der Waals surface area contributed by atoms with E-state index in [0.717, 1.165) is 54.4 Å². The second-order valence-electron chi connectivity index (χ2n) is 11.1. The van der Waals surface area contributed by atoms with E-state index in [9.17, 15) is 4.79 Å². The molecule has 0 aliphatic carbocycles. The summed E-state index contributed by atoms with van der Waals surface area (Å²) in [5.74, 6) is 1.30. The summed E-state index contributed by atoms with van der Waals surface area (Å²) < 4.78 is 13.2. The molecule has 2 saturated heterocycles. The number of carbonyl (C=O) groups is 1. The molecule has 0 saturated carbocycles. The van der Waals surface area contributed by atoms with Crippen LogP contribution in [0.2, 0.25) is 0 Å². The smallest absolute Gasteiger partial charge is 0.340 e. The molecule has 0 aromatic heterocycles. The monoisotopic (exact) mass is 494 g/mol. The van der Waals surface area contributed by atoms with Crippen LogP contribution in [0.5, 0.6) is 11.5 Å². The summed E-state index contributed by atoms with van der Waals surface area (Å²) in [7, 11) is 0. The Kier molecular flexibility index (Phi) is 5.24. The van der Waals surface area contributed by atoms with E-state index in [1.165, 1.54) is 61.0 Å². The molecule has 37 heavy (non-hydrogen) atoms. The molecule has 0 bridgehead atoms. The molecular formula is C32H34N2O3. The zero-order valence-corrected chi connectivity index (χ0v) is 21.8. The Morgan fingerprint density at radius 3 is 1.73 bits per heavy atom. The van der Waals surface area contributed by atoms with E-state index in [2.05, 4.69) is 47.9 Å². The summed E-state index contributed by atoms with van der Waals surface area (Å²) in [6.07, 6.45) is 7.44. The predicted molar refractivity (Wildman–Crippen MR) is 146 cm³/mol. The van der Waals surface area contributed by atoms with Gasteiger partial charge in [-0.25, -0.2) is 4.79 Å². The van der Waals surface area contributed by atoms with Crippen LogP contribution in [0.4, 0.5) is 11.4 Å². The van der Waals surface area contributed by atoms with E-state index in [4.69, 9.17) is 9.47 Å². The maximum atomic E-state index is 13.3. The Labute approximate surface area is 219 Å². The second kappa shape index (κ2) is 8.54. The van der Waals surface area contributed by atoms with Crippen LogP contribution in [0, 0.1) is 13.8 Å². The van der Waals surface area contributed by atoms with Crippen LogP contribution < -0.4 is 14.5 Å². The number of carbonyl (C=O) groups excluding carboxylic acids is 1. The number of nitrogens with zero attached hydrogens (tertiary/aromatic N) is 2. The summed E-state index contributed by atoms with van der Waals surface area (Å²) in [6, 6.07) is 16.6. The van der Waals surface area contributed by atoms with Gasteiger partial charge in [-0.15, -0.1) is 0 Å². The number of hydrogen-bond acceptors (Lipinski definition) is 5. The van der Waals surface area contributed by atoms with Crippen LogP contribution in [-0.4, -0.2) is 32.1 Å². The van der Waals surface area contributed by atoms with Gasteiger partial charge in [0.25, 0.3) is 0 Å². The van der Waals surface area contributed by atoms with Gasteiger partial charge in [-0.3, -0.25) is 0 Å². The third-order valence-electron chi connectivity index (χ3n) is 8.74. The normalized spacial score (nSPS) is 19.7. The predicted octanol–water partition coefficient (Wildman–Crippen LogP) is 6.85. The Morgan fingerprint density at radius 1 is 0.676 bits per heavy atom. The van der Waals surface area contributed by atoms with Gasteiger partial charge in [-0.05, 0) is 81.7 Å². The Bertz CT molecular complexity index is 1330. The molecule has 3 aromatic carbocycles. The molecule has 5 heteroatoms. The topological polar surface area (TPSA) is 42.0 Å². The molecule has 0 radical (unpaired) electrons. The lowest BCUT2D eigenvalue weighted by molar-refractivity contribution is 0.0224. The molecule has 0 amide bonds. The molecule has 4 heterocycles. The number of rotatable bonds is 2. The first-order valence-corrected chi connectivity index (χ1v) is 13.9. The highest BCUT2D eigenvalue weighted by molar-refractivity contribution is 5.97. The summed E-state index contributed by atoms with van der Waals surface area (Å²) in [5, 5.41) is 0. The zero-order valence-electron chi connectivity index (χ0n) is 21.8. The highest BCUT2D eigenvalue weighted by atomic mass is 16.6. The number of piperidine rings is 2. The summed E-state index contributed by atoms with van der Waals surface area (Å²) in [4.78, 5) is 18.2. The zero-order chi connectivity index (χ0) is 25.1. The standard InChI is InChI=1S/C32H34N2O3/c1-21-17-25-29(19-27(21)33-13-7-3-8-14-33)36-30-20-28(34-15-9-4-10-16-34)22(2)18-26(30)32(25)24-12-6-5-11-23(24)31(35)37-32/h5-6,11-12,17-20H,3-4,7-10,13-16H2,1-2H3. The molecule has 4 aliphatic rings. The maximum Gasteiger partial charge on any atom is 0.340 e. The minimum absolute atomic E-state index is 0.273. The lowest BCUT2D eigenvalue weighted by Crippen LogP contribution is -2.35. The Hall–Kier alpha value is -3.47. The van der Waals surface area contributed by atoms with Crippen molar-refractivity contribution in [2.24, 2.45) is 0 Å². The van der Waals surface area contributed by atoms with Gasteiger partial charge in [0.1, 0.15) is 11.5 Å². The largest absolute Gasteiger partial charge is 0.456 e. The first-order valence-electron chi connectivity index (χ1n) is 13.9. The number of anilines is 2. The highest BCUT2D eigenvalue weighted by Crippen LogP contribution is 2.58. The van der Waals surface area contributed by atoms with Gasteiger partial charge in [-0.2, -0.15) is 0 Å². The molecule has 3 aromatic rings. The third-order valence-corrected chi connectivity index (χ3v) is 8.74. The minimum atomic E-state index is -1.01. The van der Waals surface area contributed by atoms with Crippen molar-refractivity contribution < 1.29 is 14.3 Å². The fraction of sp³-hybridized carbons (Fsp3) is 0.406. The molecular weight excluding hydrogens is 460 g/mol. The molecule has 190 valence electrons. The van der Waals surface area contributed by atoms with Crippen molar-refractivity contribution in [3.63, 3.8) is 0 Å². The van der Waals surface area contributed by atoms with Crippen LogP contribution in [0.25, 0.3) is 0 Å². The van der Waals surface area contributed by atoms with Gasteiger partial charge in [0.15, 0.2) is 5.60 Å². The third kappa shape index (κ3) is 3.39. The average Bonchev–Trinajstić information content (AvgIpc) is 3.23. The van der Waals surface area contributed by atoms with Crippen molar-refractivity contribution in [1.82, 2.24) is 0 Å². The van der Waals surface area contributed by atoms with Crippen molar-refractivity contribution in [2.45, 2.75) is 58.0 Å². The number of aryl methyl sites for hydroxylation is 2. The average molecular weight is 495 g/mol. The number of fused-ring (bicyclic) bond motifs is 6. The number of ether oxygens (including phenoxy) is 2. The van der Waals surface area contributed by atoms with Crippen molar-refractivity contribution in [3.8, 4) is 11.5 Å².